The Balaban J connectivity index is 0.000000611. The molecule has 0 radical (unpaired) electrons. The molecule has 0 saturated heterocycles. The third-order valence-corrected chi connectivity index (χ3v) is 23.4. The van der Waals surface area contributed by atoms with Crippen LogP contribution < -0.4 is 51.1 Å². The molecule has 0 aliphatic heterocycles. The summed E-state index contributed by atoms with van der Waals surface area (Å²) in [6, 6.07) is 46.2. The average molecular weight is 2960 g/mol. The molecule has 0 aromatic heterocycles. The molecule has 27 nitrogen and oxygen atoms in total. The van der Waals surface area contributed by atoms with Crippen LogP contribution in [-0.4, -0.2) is 95.4 Å². The molecule has 40 heteroatoms. The minimum Gasteiger partial charge on any atom is -0.872 e. The van der Waals surface area contributed by atoms with Crippen molar-refractivity contribution in [2.45, 2.75) is 0 Å². The number of hydrogen-bond donors (Lipinski definition) is 7. The van der Waals surface area contributed by atoms with Gasteiger partial charge in [-0.25, -0.2) is 33.6 Å². The quantitative estimate of drug-likeness (QED) is 0.0625. The third kappa shape index (κ3) is 37.1. The second-order valence-electron chi connectivity index (χ2n) is 19.2. The van der Waals surface area contributed by atoms with Gasteiger partial charge in [-0.05, 0) is 414 Å². The lowest BCUT2D eigenvalue weighted by molar-refractivity contribution is -0.270. The number of carboxylic acids is 10. The zero-order valence-corrected chi connectivity index (χ0v) is 81.6. The molecule has 0 spiro atoms. The van der Waals surface area contributed by atoms with E-state index < -0.39 is 99.9 Å². The van der Waals surface area contributed by atoms with Gasteiger partial charge in [0, 0.05) is 52.0 Å². The molecule has 580 valence electrons. The first-order valence-corrected chi connectivity index (χ1v) is 42.0. The number of carbonyl (C=O) groups excluding carboxylic acids is 3. The lowest BCUT2D eigenvalue weighted by Crippen LogP contribution is -2.23. The van der Waals surface area contributed by atoms with Crippen molar-refractivity contribution in [2.24, 2.45) is 0 Å². The number of carboxylic acid groups (broad SMARTS) is 10. The number of carbonyl (C=O) groups is 10. The van der Waals surface area contributed by atoms with E-state index in [1.54, 1.807) is 97.1 Å². The van der Waals surface area contributed by atoms with Gasteiger partial charge in [0.05, 0.1) is 56.9 Å². The first kappa shape index (κ1) is 103. The number of aromatic carboxylic acids is 10. The molecular formula is C70H37I13O27-10. The summed E-state index contributed by atoms with van der Waals surface area (Å²) in [5.74, 6) is -14.5. The van der Waals surface area contributed by atoms with Crippen molar-refractivity contribution in [3.63, 3.8) is 0 Å². The summed E-state index contributed by atoms with van der Waals surface area (Å²) in [4.78, 5) is 104. The molecule has 10 aromatic rings. The summed E-state index contributed by atoms with van der Waals surface area (Å²) in [6.45, 7) is 0. The maximum atomic E-state index is 11.2. The fraction of sp³-hybridized carbons (Fsp3) is 0. The predicted octanol–water partition coefficient (Wildman–Crippen LogP) is 11.2. The van der Waals surface area contributed by atoms with Crippen molar-refractivity contribution in [3.8, 4) is 40.2 Å². The minimum atomic E-state index is -1.17. The van der Waals surface area contributed by atoms with Crippen molar-refractivity contribution in [2.75, 3.05) is 0 Å². The Kier molecular flexibility index (Phi) is 49.1. The molecule has 0 saturated carbocycles. The van der Waals surface area contributed by atoms with Crippen LogP contribution in [0.25, 0.3) is 0 Å². The maximum Gasteiger partial charge on any atom is 0.336 e. The molecule has 0 fully saturated rings. The molecule has 10 aromatic carbocycles. The summed E-state index contributed by atoms with van der Waals surface area (Å²) in [5, 5.41) is 168. The molecule has 0 aliphatic rings. The highest BCUT2D eigenvalue weighted by molar-refractivity contribution is 14.1. The van der Waals surface area contributed by atoms with Crippen LogP contribution >= 0.6 is 294 Å². The maximum absolute atomic E-state index is 11.2. The molecule has 110 heavy (non-hydrogen) atoms. The highest BCUT2D eigenvalue weighted by Gasteiger charge is 2.13. The molecule has 10 rings (SSSR count). The van der Waals surface area contributed by atoms with Gasteiger partial charge in [0.25, 0.3) is 0 Å². The molecule has 0 amide bonds. The molecule has 0 unspecified atom stereocenters. The lowest BCUT2D eigenvalue weighted by Gasteiger charge is -2.13. The van der Waals surface area contributed by atoms with Crippen molar-refractivity contribution in [3.05, 3.63) is 284 Å². The van der Waals surface area contributed by atoms with E-state index in [4.69, 9.17) is 35.7 Å². The Morgan fingerprint density at radius 3 is 1.06 bits per heavy atom. The first-order chi connectivity index (χ1) is 51.2. The van der Waals surface area contributed by atoms with Gasteiger partial charge >= 0.3 is 41.8 Å². The molecule has 0 bridgehead atoms. The monoisotopic (exact) mass is 2960 g/mol. The highest BCUT2D eigenvalue weighted by atomic mass is 127. The SMILES string of the molecule is O=C(O)c1c(I)ccc(I)c1[O-].O=C(O)c1c([O-])cccc1I.O=C(O)c1cc(I)cc(I)c1[O-].O=C(O)c1cc(I)ccc1[O-].O=C(O)c1ccc(I)c(I)c1[O-].O=C(O)c1ccc(I)cc1[O-].O=C(O)c1cccc(I)c1[O-].O=C([O-])c1ccc(I)cc1.O=C([O-])c1cccc(I)c1.O=C([O-])c1ccccc1I. The second-order valence-corrected chi connectivity index (χ2v) is 34.7. The minimum absolute atomic E-state index is 0.137. The predicted molar refractivity (Wildman–Crippen MR) is 488 cm³/mol. The van der Waals surface area contributed by atoms with E-state index in [-0.39, 0.29) is 55.6 Å². The lowest BCUT2D eigenvalue weighted by atomic mass is 10.2. The molecule has 7 N–H and O–H groups in total. The number of para-hydroxylation sites is 1. The zero-order chi connectivity index (χ0) is 84.3. The van der Waals surface area contributed by atoms with Crippen LogP contribution in [0.1, 0.15) is 104 Å². The number of halogens is 13. The van der Waals surface area contributed by atoms with Crippen molar-refractivity contribution in [1.82, 2.24) is 0 Å². The number of hydrogen-bond acceptors (Lipinski definition) is 20. The van der Waals surface area contributed by atoms with Crippen LogP contribution in [0.4, 0.5) is 0 Å². The van der Waals surface area contributed by atoms with Crippen LogP contribution in [0.2, 0.25) is 0 Å². The van der Waals surface area contributed by atoms with Gasteiger partial charge in [-0.3, -0.25) is 0 Å². The Bertz CT molecular complexity index is 4950. The van der Waals surface area contributed by atoms with Crippen molar-refractivity contribution in [1.29, 1.82) is 0 Å². The molecule has 0 atom stereocenters. The van der Waals surface area contributed by atoms with Crippen LogP contribution in [0.5, 0.6) is 40.2 Å². The number of benzene rings is 10. The fourth-order valence-electron chi connectivity index (χ4n) is 6.71. The second kappa shape index (κ2) is 52.5. The highest BCUT2D eigenvalue weighted by Crippen LogP contribution is 2.29. The van der Waals surface area contributed by atoms with Gasteiger partial charge in [-0.2, -0.15) is 0 Å². The molecular weight excluding hydrogens is 2920 g/mol. The Morgan fingerprint density at radius 1 is 0.227 bits per heavy atom. The van der Waals surface area contributed by atoms with Crippen LogP contribution in [-0.2, 0) is 0 Å². The van der Waals surface area contributed by atoms with Crippen LogP contribution in [0.3, 0.4) is 0 Å². The topological polar surface area (TPSA) is 543 Å². The fourth-order valence-corrected chi connectivity index (χ4v) is 14.2. The summed E-state index contributed by atoms with van der Waals surface area (Å²) in [6.07, 6.45) is 0. The van der Waals surface area contributed by atoms with Gasteiger partial charge < -0.3 is 101 Å². The zero-order valence-electron chi connectivity index (χ0n) is 53.5. The largest absolute Gasteiger partial charge is 0.872 e. The van der Waals surface area contributed by atoms with E-state index in [1.807, 2.05) is 277 Å². The van der Waals surface area contributed by atoms with Gasteiger partial charge in [-0.15, -0.1) is 0 Å². The van der Waals surface area contributed by atoms with E-state index in [0.29, 0.717) is 25.0 Å². The van der Waals surface area contributed by atoms with E-state index in [9.17, 15) is 99.0 Å². The van der Waals surface area contributed by atoms with Gasteiger partial charge in [0.2, 0.25) is 0 Å². The van der Waals surface area contributed by atoms with Gasteiger partial charge in [-0.1, -0.05) is 113 Å². The number of rotatable bonds is 10. The van der Waals surface area contributed by atoms with Gasteiger partial charge in [0.15, 0.2) is 0 Å². The van der Waals surface area contributed by atoms with Crippen molar-refractivity contribution < 1.29 is 135 Å². The van der Waals surface area contributed by atoms with Crippen LogP contribution in [0.15, 0.2) is 182 Å². The van der Waals surface area contributed by atoms with E-state index >= 15 is 0 Å². The summed E-state index contributed by atoms with van der Waals surface area (Å²) in [5.41, 5.74) is -0.420. The molecule has 0 heterocycles. The summed E-state index contributed by atoms with van der Waals surface area (Å²) in [7, 11) is 0. The average Bonchev–Trinajstić information content (AvgIpc) is 0.842. The summed E-state index contributed by atoms with van der Waals surface area (Å²) < 4.78 is 8.39. The first-order valence-electron chi connectivity index (χ1n) is 28.0. The van der Waals surface area contributed by atoms with E-state index in [2.05, 4.69) is 22.6 Å². The van der Waals surface area contributed by atoms with E-state index in [1.165, 1.54) is 78.9 Å². The van der Waals surface area contributed by atoms with Crippen LogP contribution in [0, 0.1) is 46.4 Å². The third-order valence-electron chi connectivity index (χ3n) is 11.8. The Morgan fingerprint density at radius 2 is 0.627 bits per heavy atom. The Hall–Kier alpha value is -5.01. The van der Waals surface area contributed by atoms with E-state index in [0.717, 1.165) is 21.4 Å². The Labute approximate surface area is 799 Å². The normalized spacial score (nSPS) is 9.57. The summed E-state index contributed by atoms with van der Waals surface area (Å²) >= 11 is 24.9. The van der Waals surface area contributed by atoms with Crippen molar-refractivity contribution >= 4 is 353 Å². The van der Waals surface area contributed by atoms with Gasteiger partial charge in [0.1, 0.15) is 0 Å². The smallest absolute Gasteiger partial charge is 0.336 e. The molecule has 0 aliphatic carbocycles. The standard InChI is InChI=1S/3C7H4I2O3.4C7H5IO3.3C7H5IO2/c8-3-1-4(7(11)12)6(10)5(9)2-3;8-4-2-1-3(7(11)12)6(10)5(4)9;8-3-1-2-4(9)6(10)5(3)7(11)12;8-4-1-2-6(9)5(3-4)7(10)11;8-4-1-2-5(7(10)11)6(9)3-4;8-4-2-1-3-5(9)6(4)7(10)11;8-5-3-1-2-4(6(5)9)7(10)11;8-6-3-1-5(2-4-6)7(9)10;8-6-3-1-2-5(4-6)7(9)10;8-6-4-2-1-3-5(6)7(9)10/h3*1-2,10H,(H,11,12);4*1-3,9H,(H,10,11);3*1-4H,(H,9,10)/p-10.